The van der Waals surface area contributed by atoms with Gasteiger partial charge < -0.3 is 5.32 Å². The highest BCUT2D eigenvalue weighted by Crippen LogP contribution is 2.27. The summed E-state index contributed by atoms with van der Waals surface area (Å²) >= 11 is 1.36. The Morgan fingerprint density at radius 2 is 1.76 bits per heavy atom. The van der Waals surface area contributed by atoms with Crippen LogP contribution in [0.5, 0.6) is 0 Å². The van der Waals surface area contributed by atoms with E-state index < -0.39 is 0 Å². The zero-order chi connectivity index (χ0) is 23.1. The quantitative estimate of drug-likeness (QED) is 0.376. The Balaban J connectivity index is 1.38. The van der Waals surface area contributed by atoms with Crippen molar-refractivity contribution >= 4 is 34.5 Å². The minimum absolute atomic E-state index is 0.0809. The Bertz CT molecular complexity index is 1520. The number of aromatic nitrogens is 5. The molecule has 1 amide bonds. The molecule has 8 heteroatoms. The molecule has 5 rings (SSSR count). The van der Waals surface area contributed by atoms with Crippen LogP contribution in [-0.4, -0.2) is 35.9 Å². The van der Waals surface area contributed by atoms with Crippen LogP contribution >= 0.6 is 11.8 Å². The van der Waals surface area contributed by atoms with E-state index in [1.54, 1.807) is 0 Å². The normalized spacial score (nSPS) is 11.4. The van der Waals surface area contributed by atoms with E-state index in [2.05, 4.69) is 54.5 Å². The van der Waals surface area contributed by atoms with E-state index in [0.717, 1.165) is 28.0 Å². The Kier molecular flexibility index (Phi) is 5.38. The van der Waals surface area contributed by atoms with Crippen LogP contribution in [0.4, 0.5) is 5.69 Å². The van der Waals surface area contributed by atoms with E-state index in [1.807, 2.05) is 52.5 Å². The number of thioether (sulfide) groups is 1. The summed E-state index contributed by atoms with van der Waals surface area (Å²) in [4.78, 5) is 12.5. The fraction of sp³-hybridized carbons (Fsp3) is 0.200. The molecule has 0 atom stereocenters. The van der Waals surface area contributed by atoms with E-state index in [4.69, 9.17) is 5.10 Å². The number of nitrogens with one attached hydrogen (secondary N) is 1. The number of rotatable bonds is 5. The van der Waals surface area contributed by atoms with Gasteiger partial charge in [-0.1, -0.05) is 35.5 Å². The lowest BCUT2D eigenvalue weighted by molar-refractivity contribution is -0.113. The molecule has 5 aromatic rings. The summed E-state index contributed by atoms with van der Waals surface area (Å²) in [5, 5.41) is 17.1. The van der Waals surface area contributed by atoms with Gasteiger partial charge in [0.15, 0.2) is 10.8 Å². The summed E-state index contributed by atoms with van der Waals surface area (Å²) in [5.74, 6) is 0.161. The van der Waals surface area contributed by atoms with Crippen LogP contribution in [-0.2, 0) is 4.79 Å². The Morgan fingerprint density at radius 3 is 2.58 bits per heavy atom. The zero-order valence-corrected chi connectivity index (χ0v) is 19.8. The Labute approximate surface area is 195 Å². The zero-order valence-electron chi connectivity index (χ0n) is 19.0. The molecule has 0 unspecified atom stereocenters. The number of carbonyl (C=O) groups excluding carboxylic acids is 1. The van der Waals surface area contributed by atoms with E-state index in [9.17, 15) is 4.79 Å². The molecule has 3 heterocycles. The van der Waals surface area contributed by atoms with Gasteiger partial charge in [-0.25, -0.2) is 4.52 Å². The summed E-state index contributed by atoms with van der Waals surface area (Å²) in [6, 6.07) is 14.3. The molecule has 0 bridgehead atoms. The van der Waals surface area contributed by atoms with E-state index in [0.29, 0.717) is 10.8 Å². The molecule has 0 saturated carbocycles. The summed E-state index contributed by atoms with van der Waals surface area (Å²) in [5.41, 5.74) is 9.09. The lowest BCUT2D eigenvalue weighted by Crippen LogP contribution is -2.14. The second kappa shape index (κ2) is 8.37. The first-order chi connectivity index (χ1) is 15.9. The number of hydrogen-bond acceptors (Lipinski definition) is 5. The first kappa shape index (κ1) is 21.2. The highest BCUT2D eigenvalue weighted by Gasteiger charge is 2.15. The van der Waals surface area contributed by atoms with Crippen molar-refractivity contribution in [1.82, 2.24) is 24.2 Å². The van der Waals surface area contributed by atoms with Gasteiger partial charge in [0, 0.05) is 23.6 Å². The number of hydrogen-bond donors (Lipinski definition) is 1. The highest BCUT2D eigenvalue weighted by molar-refractivity contribution is 7.99. The van der Waals surface area contributed by atoms with Crippen LogP contribution in [0.3, 0.4) is 0 Å². The minimum atomic E-state index is -0.0809. The lowest BCUT2D eigenvalue weighted by atomic mass is 10.0. The standard InChI is InChI=1S/C25H24N6OS/c1-15-5-6-17(3)20(11-15)21-13-22-24-27-28-25(30(24)9-10-31(22)29-21)33-14-23(32)26-19-8-7-16(2)18(4)12-19/h5-13H,14H2,1-4H3,(H,26,32). The number of anilines is 1. The van der Waals surface area contributed by atoms with Crippen LogP contribution in [0, 0.1) is 27.7 Å². The number of fused-ring (bicyclic) bond motifs is 3. The summed E-state index contributed by atoms with van der Waals surface area (Å²) in [6.07, 6.45) is 3.77. The number of benzene rings is 2. The summed E-state index contributed by atoms with van der Waals surface area (Å²) in [6.45, 7) is 8.25. The monoisotopic (exact) mass is 456 g/mol. The van der Waals surface area contributed by atoms with Crippen molar-refractivity contribution in [2.45, 2.75) is 32.9 Å². The maximum absolute atomic E-state index is 12.5. The van der Waals surface area contributed by atoms with Gasteiger partial charge in [-0.2, -0.15) is 5.10 Å². The summed E-state index contributed by atoms with van der Waals surface area (Å²) < 4.78 is 3.72. The molecular weight excluding hydrogens is 432 g/mol. The van der Waals surface area contributed by atoms with Gasteiger partial charge in [-0.05, 0) is 68.7 Å². The third kappa shape index (κ3) is 4.09. The van der Waals surface area contributed by atoms with Gasteiger partial charge >= 0.3 is 0 Å². The van der Waals surface area contributed by atoms with Crippen molar-refractivity contribution in [2.24, 2.45) is 0 Å². The molecule has 7 nitrogen and oxygen atoms in total. The molecular formula is C25H24N6OS. The Hall–Kier alpha value is -3.65. The molecule has 0 spiro atoms. The molecule has 0 radical (unpaired) electrons. The maximum Gasteiger partial charge on any atom is 0.234 e. The smallest absolute Gasteiger partial charge is 0.234 e. The fourth-order valence-electron chi connectivity index (χ4n) is 3.78. The number of aryl methyl sites for hydroxylation is 4. The van der Waals surface area contributed by atoms with Crippen LogP contribution < -0.4 is 5.32 Å². The molecule has 0 aliphatic rings. The third-order valence-electron chi connectivity index (χ3n) is 5.78. The molecule has 1 N–H and O–H groups in total. The fourth-order valence-corrected chi connectivity index (χ4v) is 4.50. The van der Waals surface area contributed by atoms with Crippen LogP contribution in [0.15, 0.2) is 60.0 Å². The van der Waals surface area contributed by atoms with Crippen molar-refractivity contribution in [1.29, 1.82) is 0 Å². The van der Waals surface area contributed by atoms with Crippen LogP contribution in [0.2, 0.25) is 0 Å². The predicted octanol–water partition coefficient (Wildman–Crippen LogP) is 5.01. The molecule has 0 fully saturated rings. The SMILES string of the molecule is Cc1ccc(C)c(-c2cc3c4nnc(SCC(=O)Nc5ccc(C)c(C)c5)n4ccn3n2)c1. The molecule has 0 aliphatic carbocycles. The van der Waals surface area contributed by atoms with Gasteiger partial charge in [0.05, 0.1) is 11.4 Å². The van der Waals surface area contributed by atoms with Crippen LogP contribution in [0.25, 0.3) is 22.4 Å². The maximum atomic E-state index is 12.5. The first-order valence-corrected chi connectivity index (χ1v) is 11.7. The van der Waals surface area contributed by atoms with Gasteiger partial charge in [0.25, 0.3) is 0 Å². The molecule has 2 aromatic carbocycles. The summed E-state index contributed by atoms with van der Waals surface area (Å²) in [7, 11) is 0. The van der Waals surface area contributed by atoms with Gasteiger partial charge in [-0.15, -0.1) is 10.2 Å². The minimum Gasteiger partial charge on any atom is -0.325 e. The molecule has 0 aliphatic heterocycles. The van der Waals surface area contributed by atoms with Gasteiger partial charge in [0.2, 0.25) is 5.91 Å². The average molecular weight is 457 g/mol. The van der Waals surface area contributed by atoms with Crippen molar-refractivity contribution in [2.75, 3.05) is 11.1 Å². The number of carbonyl (C=O) groups is 1. The third-order valence-corrected chi connectivity index (χ3v) is 6.72. The lowest BCUT2D eigenvalue weighted by Gasteiger charge is -2.07. The number of amides is 1. The second-order valence-electron chi connectivity index (χ2n) is 8.29. The Morgan fingerprint density at radius 1 is 0.939 bits per heavy atom. The van der Waals surface area contributed by atoms with E-state index in [-0.39, 0.29) is 11.7 Å². The van der Waals surface area contributed by atoms with E-state index in [1.165, 1.54) is 28.5 Å². The molecule has 0 saturated heterocycles. The van der Waals surface area contributed by atoms with Crippen molar-refractivity contribution in [3.63, 3.8) is 0 Å². The molecule has 166 valence electrons. The predicted molar refractivity (Wildman–Crippen MR) is 132 cm³/mol. The van der Waals surface area contributed by atoms with Crippen molar-refractivity contribution < 1.29 is 4.79 Å². The van der Waals surface area contributed by atoms with Crippen LogP contribution in [0.1, 0.15) is 22.3 Å². The molecule has 33 heavy (non-hydrogen) atoms. The molecule has 3 aromatic heterocycles. The topological polar surface area (TPSA) is 76.6 Å². The highest BCUT2D eigenvalue weighted by atomic mass is 32.2. The van der Waals surface area contributed by atoms with Crippen molar-refractivity contribution in [3.05, 3.63) is 77.1 Å². The van der Waals surface area contributed by atoms with E-state index >= 15 is 0 Å². The van der Waals surface area contributed by atoms with Gasteiger partial charge in [0.1, 0.15) is 5.52 Å². The average Bonchev–Trinajstić information content (AvgIpc) is 3.40. The second-order valence-corrected chi connectivity index (χ2v) is 9.23. The van der Waals surface area contributed by atoms with Gasteiger partial charge in [-0.3, -0.25) is 9.20 Å². The van der Waals surface area contributed by atoms with Crippen molar-refractivity contribution in [3.8, 4) is 11.3 Å². The largest absolute Gasteiger partial charge is 0.325 e. The number of nitrogens with zero attached hydrogens (tertiary/aromatic N) is 5. The first-order valence-electron chi connectivity index (χ1n) is 10.7.